The first-order valence-electron chi connectivity index (χ1n) is 6.22. The summed E-state index contributed by atoms with van der Waals surface area (Å²) in [5.41, 5.74) is 1.04. The summed E-state index contributed by atoms with van der Waals surface area (Å²) in [7, 11) is 0. The first kappa shape index (κ1) is 14.0. The Morgan fingerprint density at radius 3 is 2.79 bits per heavy atom. The molecule has 2 rings (SSSR count). The quantitative estimate of drug-likeness (QED) is 0.881. The predicted octanol–water partition coefficient (Wildman–Crippen LogP) is 1.66. The maximum atomic E-state index is 12.1. The lowest BCUT2D eigenvalue weighted by Crippen LogP contribution is -2.44. The van der Waals surface area contributed by atoms with E-state index in [4.69, 9.17) is 9.84 Å². The van der Waals surface area contributed by atoms with Crippen molar-refractivity contribution in [3.8, 4) is 0 Å². The zero-order valence-corrected chi connectivity index (χ0v) is 11.8. The van der Waals surface area contributed by atoms with Gasteiger partial charge in [-0.05, 0) is 17.5 Å². The molecule has 2 heterocycles. The third kappa shape index (κ3) is 3.13. The van der Waals surface area contributed by atoms with Crippen LogP contribution < -0.4 is 5.32 Å². The van der Waals surface area contributed by atoms with Crippen LogP contribution in [0.1, 0.15) is 34.0 Å². The van der Waals surface area contributed by atoms with Gasteiger partial charge in [0, 0.05) is 11.3 Å². The molecule has 5 nitrogen and oxygen atoms in total. The highest BCUT2D eigenvalue weighted by atomic mass is 32.1. The molecule has 0 unspecified atom stereocenters. The third-order valence-electron chi connectivity index (χ3n) is 3.07. The molecule has 1 amide bonds. The van der Waals surface area contributed by atoms with Crippen LogP contribution >= 0.6 is 11.3 Å². The normalized spacial score (nSPS) is 15.9. The maximum Gasteiger partial charge on any atom is 0.326 e. The van der Waals surface area contributed by atoms with E-state index >= 15 is 0 Å². The number of carbonyl (C=O) groups excluding carboxylic acids is 1. The van der Waals surface area contributed by atoms with E-state index in [-0.39, 0.29) is 11.8 Å². The van der Waals surface area contributed by atoms with E-state index in [1.54, 1.807) is 19.9 Å². The van der Waals surface area contributed by atoms with Crippen LogP contribution in [0.4, 0.5) is 0 Å². The second-order valence-corrected chi connectivity index (χ2v) is 6.03. The number of rotatable bonds is 4. The van der Waals surface area contributed by atoms with E-state index in [1.807, 2.05) is 0 Å². The Morgan fingerprint density at radius 1 is 1.47 bits per heavy atom. The monoisotopic (exact) mass is 283 g/mol. The number of hydrogen-bond acceptors (Lipinski definition) is 4. The van der Waals surface area contributed by atoms with Gasteiger partial charge in [0.25, 0.3) is 5.91 Å². The number of aliphatic carboxylic acids is 1. The van der Waals surface area contributed by atoms with Gasteiger partial charge in [-0.1, -0.05) is 13.8 Å². The van der Waals surface area contributed by atoms with Gasteiger partial charge in [-0.3, -0.25) is 4.79 Å². The van der Waals surface area contributed by atoms with Gasteiger partial charge in [-0.15, -0.1) is 11.3 Å². The molecule has 1 aromatic rings. The largest absolute Gasteiger partial charge is 0.480 e. The van der Waals surface area contributed by atoms with Crippen LogP contribution in [0.15, 0.2) is 6.07 Å². The Bertz CT molecular complexity index is 471. The summed E-state index contributed by atoms with van der Waals surface area (Å²) in [5, 5.41) is 11.6. The van der Waals surface area contributed by atoms with Crippen molar-refractivity contribution in [3.05, 3.63) is 21.4 Å². The van der Waals surface area contributed by atoms with Crippen molar-refractivity contribution in [1.29, 1.82) is 0 Å². The average Bonchev–Trinajstić information content (AvgIpc) is 2.78. The van der Waals surface area contributed by atoms with Crippen LogP contribution in [0.25, 0.3) is 0 Å². The fraction of sp³-hybridized carbons (Fsp3) is 0.538. The van der Waals surface area contributed by atoms with E-state index < -0.39 is 12.0 Å². The molecule has 2 N–H and O–H groups in total. The number of thiophene rings is 1. The number of nitrogens with one attached hydrogen (secondary N) is 1. The number of carbonyl (C=O) groups is 2. The molecule has 0 aliphatic carbocycles. The summed E-state index contributed by atoms with van der Waals surface area (Å²) >= 11 is 1.42. The minimum absolute atomic E-state index is 0.153. The second-order valence-electron chi connectivity index (χ2n) is 4.90. The van der Waals surface area contributed by atoms with Crippen LogP contribution in [0.3, 0.4) is 0 Å². The third-order valence-corrected chi connectivity index (χ3v) is 4.31. The number of carboxylic acids is 1. The van der Waals surface area contributed by atoms with Gasteiger partial charge in [0.1, 0.15) is 6.04 Å². The topological polar surface area (TPSA) is 75.6 Å². The van der Waals surface area contributed by atoms with Gasteiger partial charge in [-0.25, -0.2) is 4.79 Å². The van der Waals surface area contributed by atoms with E-state index in [0.717, 1.165) is 16.9 Å². The molecule has 6 heteroatoms. The molecule has 0 radical (unpaired) electrons. The summed E-state index contributed by atoms with van der Waals surface area (Å²) < 4.78 is 5.33. The molecule has 0 fully saturated rings. The SMILES string of the molecule is CC(C)[C@H](NC(=O)c1cc2c(s1)CCOC2)C(=O)O. The highest BCUT2D eigenvalue weighted by Crippen LogP contribution is 2.27. The molecule has 1 atom stereocenters. The van der Waals surface area contributed by atoms with Crippen molar-refractivity contribution >= 4 is 23.2 Å². The number of amides is 1. The lowest BCUT2D eigenvalue weighted by Gasteiger charge is -2.17. The molecule has 0 saturated carbocycles. The standard InChI is InChI=1S/C13H17NO4S/c1-7(2)11(13(16)17)14-12(15)10-5-8-6-18-4-3-9(8)19-10/h5,7,11H,3-4,6H2,1-2H3,(H,14,15)(H,16,17)/t11-/m0/s1. The van der Waals surface area contributed by atoms with Crippen molar-refractivity contribution < 1.29 is 19.4 Å². The minimum atomic E-state index is -1.01. The first-order valence-corrected chi connectivity index (χ1v) is 7.03. The zero-order valence-electron chi connectivity index (χ0n) is 10.9. The summed E-state index contributed by atoms with van der Waals surface area (Å²) in [4.78, 5) is 24.9. The highest BCUT2D eigenvalue weighted by molar-refractivity contribution is 7.14. The minimum Gasteiger partial charge on any atom is -0.480 e. The Kier molecular flexibility index (Phi) is 4.21. The second kappa shape index (κ2) is 5.71. The lowest BCUT2D eigenvalue weighted by molar-refractivity contribution is -0.140. The molecule has 1 aromatic heterocycles. The van der Waals surface area contributed by atoms with Crippen molar-refractivity contribution in [2.24, 2.45) is 5.92 Å². The van der Waals surface area contributed by atoms with Gasteiger partial charge >= 0.3 is 5.97 Å². The Balaban J connectivity index is 2.11. The molecule has 0 spiro atoms. The van der Waals surface area contributed by atoms with Crippen molar-refractivity contribution in [3.63, 3.8) is 0 Å². The number of carboxylic acid groups (broad SMARTS) is 1. The molecule has 19 heavy (non-hydrogen) atoms. The molecule has 0 saturated heterocycles. The maximum absolute atomic E-state index is 12.1. The van der Waals surface area contributed by atoms with Gasteiger partial charge < -0.3 is 15.2 Å². The fourth-order valence-electron chi connectivity index (χ4n) is 1.99. The van der Waals surface area contributed by atoms with Crippen LogP contribution in [0, 0.1) is 5.92 Å². The zero-order chi connectivity index (χ0) is 14.0. The molecule has 0 aromatic carbocycles. The van der Waals surface area contributed by atoms with Gasteiger partial charge in [0.2, 0.25) is 0 Å². The van der Waals surface area contributed by atoms with E-state index in [2.05, 4.69) is 5.32 Å². The van der Waals surface area contributed by atoms with E-state index in [0.29, 0.717) is 18.1 Å². The molecule has 1 aliphatic rings. The summed E-state index contributed by atoms with van der Waals surface area (Å²) in [5.74, 6) is -1.48. The average molecular weight is 283 g/mol. The molecule has 0 bridgehead atoms. The Morgan fingerprint density at radius 2 is 2.21 bits per heavy atom. The van der Waals surface area contributed by atoms with Gasteiger partial charge in [0.15, 0.2) is 0 Å². The molecular weight excluding hydrogens is 266 g/mol. The first-order chi connectivity index (χ1) is 8.99. The Labute approximate surface area is 115 Å². The smallest absolute Gasteiger partial charge is 0.326 e. The number of hydrogen-bond donors (Lipinski definition) is 2. The van der Waals surface area contributed by atoms with Gasteiger partial charge in [-0.2, -0.15) is 0 Å². The van der Waals surface area contributed by atoms with Crippen molar-refractivity contribution in [2.45, 2.75) is 32.9 Å². The predicted molar refractivity (Wildman–Crippen MR) is 71.4 cm³/mol. The Hall–Kier alpha value is -1.40. The molecule has 1 aliphatic heterocycles. The van der Waals surface area contributed by atoms with Gasteiger partial charge in [0.05, 0.1) is 18.1 Å². The number of ether oxygens (including phenoxy) is 1. The number of fused-ring (bicyclic) bond motifs is 1. The fourth-order valence-corrected chi connectivity index (χ4v) is 3.04. The lowest BCUT2D eigenvalue weighted by atomic mass is 10.0. The van der Waals surface area contributed by atoms with Crippen LogP contribution in [-0.4, -0.2) is 29.6 Å². The van der Waals surface area contributed by atoms with Crippen molar-refractivity contribution in [2.75, 3.05) is 6.61 Å². The molecule has 104 valence electrons. The highest BCUT2D eigenvalue weighted by Gasteiger charge is 2.25. The summed E-state index contributed by atoms with van der Waals surface area (Å²) in [6, 6.07) is 0.941. The van der Waals surface area contributed by atoms with E-state index in [9.17, 15) is 9.59 Å². The van der Waals surface area contributed by atoms with Crippen LogP contribution in [-0.2, 0) is 22.6 Å². The van der Waals surface area contributed by atoms with E-state index in [1.165, 1.54) is 11.3 Å². The van der Waals surface area contributed by atoms with Crippen molar-refractivity contribution in [1.82, 2.24) is 5.32 Å². The summed E-state index contributed by atoms with van der Waals surface area (Å²) in [6.07, 6.45) is 0.819. The van der Waals surface area contributed by atoms with Crippen LogP contribution in [0.5, 0.6) is 0 Å². The molecular formula is C13H17NO4S. The summed E-state index contributed by atoms with van der Waals surface area (Å²) in [6.45, 7) is 4.75. The van der Waals surface area contributed by atoms with Crippen LogP contribution in [0.2, 0.25) is 0 Å².